The maximum absolute atomic E-state index is 12.1. The van der Waals surface area contributed by atoms with E-state index in [1.165, 1.54) is 17.8 Å². The Morgan fingerprint density at radius 1 is 1.23 bits per heavy atom. The molecule has 0 aliphatic carbocycles. The minimum Gasteiger partial charge on any atom is -0.326 e. The maximum atomic E-state index is 12.1. The Bertz CT molecular complexity index is 804. The van der Waals surface area contributed by atoms with Gasteiger partial charge in [0.1, 0.15) is 0 Å². The van der Waals surface area contributed by atoms with Gasteiger partial charge in [-0.1, -0.05) is 0 Å². The van der Waals surface area contributed by atoms with Crippen molar-refractivity contribution in [2.24, 2.45) is 0 Å². The molecule has 0 spiro atoms. The number of carbonyl (C=O) groups excluding carboxylic acids is 1. The fraction of sp³-hybridized carbons (Fsp3) is 0.611. The van der Waals surface area contributed by atoms with Crippen LogP contribution in [0.5, 0.6) is 0 Å². The van der Waals surface area contributed by atoms with Crippen LogP contribution in [0.4, 0.5) is 10.5 Å². The van der Waals surface area contributed by atoms with E-state index >= 15 is 0 Å². The number of aryl methyl sites for hydroxylation is 2. The third kappa shape index (κ3) is 2.68. The Balaban J connectivity index is 1.23. The van der Waals surface area contributed by atoms with Gasteiger partial charge in [-0.05, 0) is 25.3 Å². The molecule has 26 heavy (non-hydrogen) atoms. The molecular weight excluding hydrogens is 330 g/mol. The zero-order valence-electron chi connectivity index (χ0n) is 15.2. The van der Waals surface area contributed by atoms with E-state index in [1.807, 2.05) is 29.0 Å². The average Bonchev–Trinajstić information content (AvgIpc) is 3.39. The summed E-state index contributed by atoms with van der Waals surface area (Å²) < 4.78 is 4.20. The summed E-state index contributed by atoms with van der Waals surface area (Å²) >= 11 is 0. The van der Waals surface area contributed by atoms with Gasteiger partial charge in [0.15, 0.2) is 0 Å². The SMILES string of the molecule is CN1CCN(c2cnn(C3CCN(Cc4cc5n(n4)CCC5)C3)c2)C1=O. The van der Waals surface area contributed by atoms with E-state index in [-0.39, 0.29) is 6.03 Å². The Hall–Kier alpha value is -2.35. The van der Waals surface area contributed by atoms with E-state index < -0.39 is 0 Å². The second kappa shape index (κ2) is 6.12. The van der Waals surface area contributed by atoms with Crippen LogP contribution < -0.4 is 4.90 Å². The molecule has 8 nitrogen and oxygen atoms in total. The number of rotatable bonds is 4. The van der Waals surface area contributed by atoms with E-state index in [2.05, 4.69) is 20.7 Å². The van der Waals surface area contributed by atoms with Crippen LogP contribution in [0.25, 0.3) is 0 Å². The molecule has 0 bridgehead atoms. The lowest BCUT2D eigenvalue weighted by Crippen LogP contribution is -2.28. The standard InChI is InChI=1S/C18H25N7O/c1-21-7-8-23(18(21)26)17-10-19-25(13-17)16-4-6-22(12-16)11-14-9-15-3-2-5-24(15)20-14/h9-10,13,16H,2-8,11-12H2,1H3. The molecule has 3 aliphatic rings. The second-order valence-electron chi connectivity index (χ2n) is 7.67. The average molecular weight is 355 g/mol. The van der Waals surface area contributed by atoms with E-state index in [1.54, 1.807) is 4.90 Å². The third-order valence-electron chi connectivity index (χ3n) is 5.84. The zero-order chi connectivity index (χ0) is 17.7. The summed E-state index contributed by atoms with van der Waals surface area (Å²) in [5, 5.41) is 9.27. The molecule has 0 N–H and O–H groups in total. The first-order valence-electron chi connectivity index (χ1n) is 9.52. The first-order chi connectivity index (χ1) is 12.7. The van der Waals surface area contributed by atoms with E-state index in [0.717, 1.165) is 57.8 Å². The predicted molar refractivity (Wildman–Crippen MR) is 97.1 cm³/mol. The fourth-order valence-corrected chi connectivity index (χ4v) is 4.35. The largest absolute Gasteiger partial charge is 0.326 e. The highest BCUT2D eigenvalue weighted by Crippen LogP contribution is 2.26. The molecular formula is C18H25N7O. The molecule has 0 aromatic carbocycles. The highest BCUT2D eigenvalue weighted by molar-refractivity contribution is 5.93. The monoisotopic (exact) mass is 355 g/mol. The molecule has 5 heterocycles. The Morgan fingerprint density at radius 3 is 2.96 bits per heavy atom. The van der Waals surface area contributed by atoms with Crippen molar-refractivity contribution in [2.75, 3.05) is 38.1 Å². The van der Waals surface area contributed by atoms with Gasteiger partial charge in [0, 0.05) is 58.2 Å². The van der Waals surface area contributed by atoms with Crippen molar-refractivity contribution in [1.29, 1.82) is 0 Å². The van der Waals surface area contributed by atoms with Crippen LogP contribution >= 0.6 is 0 Å². The Kier molecular flexibility index (Phi) is 3.74. The molecule has 5 rings (SSSR count). The number of carbonyl (C=O) groups is 1. The summed E-state index contributed by atoms with van der Waals surface area (Å²) in [6.45, 7) is 5.54. The molecule has 1 unspecified atom stereocenters. The minimum absolute atomic E-state index is 0.0606. The number of hydrogen-bond donors (Lipinski definition) is 0. The van der Waals surface area contributed by atoms with Gasteiger partial charge in [0.25, 0.3) is 0 Å². The predicted octanol–water partition coefficient (Wildman–Crippen LogP) is 1.34. The van der Waals surface area contributed by atoms with Crippen molar-refractivity contribution in [3.05, 3.63) is 29.8 Å². The summed E-state index contributed by atoms with van der Waals surface area (Å²) in [7, 11) is 1.84. The van der Waals surface area contributed by atoms with Crippen molar-refractivity contribution in [3.63, 3.8) is 0 Å². The van der Waals surface area contributed by atoms with E-state index in [0.29, 0.717) is 6.04 Å². The normalized spacial score (nSPS) is 23.4. The third-order valence-corrected chi connectivity index (χ3v) is 5.84. The van der Waals surface area contributed by atoms with Crippen LogP contribution in [0.2, 0.25) is 0 Å². The van der Waals surface area contributed by atoms with Gasteiger partial charge in [-0.2, -0.15) is 10.2 Å². The number of urea groups is 1. The van der Waals surface area contributed by atoms with Gasteiger partial charge in [0.2, 0.25) is 0 Å². The first-order valence-corrected chi connectivity index (χ1v) is 9.52. The van der Waals surface area contributed by atoms with Crippen LogP contribution in [0.3, 0.4) is 0 Å². The minimum atomic E-state index is 0.0606. The molecule has 1 atom stereocenters. The lowest BCUT2D eigenvalue weighted by molar-refractivity contribution is 0.229. The summed E-state index contributed by atoms with van der Waals surface area (Å²) in [5.41, 5.74) is 3.48. The zero-order valence-corrected chi connectivity index (χ0v) is 15.2. The number of nitrogens with zero attached hydrogens (tertiary/aromatic N) is 7. The summed E-state index contributed by atoms with van der Waals surface area (Å²) in [4.78, 5) is 18.2. The van der Waals surface area contributed by atoms with Crippen LogP contribution in [0, 0.1) is 0 Å². The summed E-state index contributed by atoms with van der Waals surface area (Å²) in [6, 6.07) is 2.70. The van der Waals surface area contributed by atoms with Crippen LogP contribution in [0.1, 0.15) is 30.3 Å². The van der Waals surface area contributed by atoms with Crippen molar-refractivity contribution >= 4 is 11.7 Å². The van der Waals surface area contributed by atoms with Gasteiger partial charge in [0.05, 0.1) is 23.6 Å². The number of aromatic nitrogens is 4. The van der Waals surface area contributed by atoms with Crippen LogP contribution in [-0.2, 0) is 19.5 Å². The van der Waals surface area contributed by atoms with Crippen molar-refractivity contribution in [3.8, 4) is 0 Å². The molecule has 0 radical (unpaired) electrons. The lowest BCUT2D eigenvalue weighted by atomic mass is 10.2. The van der Waals surface area contributed by atoms with Crippen molar-refractivity contribution in [1.82, 2.24) is 29.4 Å². The fourth-order valence-electron chi connectivity index (χ4n) is 4.35. The summed E-state index contributed by atoms with van der Waals surface area (Å²) in [5.74, 6) is 0. The van der Waals surface area contributed by atoms with Gasteiger partial charge < -0.3 is 4.90 Å². The molecule has 3 aliphatic heterocycles. The summed E-state index contributed by atoms with van der Waals surface area (Å²) in [6.07, 6.45) is 7.32. The molecule has 8 heteroatoms. The van der Waals surface area contributed by atoms with Gasteiger partial charge in [-0.3, -0.25) is 19.2 Å². The quantitative estimate of drug-likeness (QED) is 0.830. The number of amides is 2. The number of hydrogen-bond acceptors (Lipinski definition) is 4. The molecule has 0 saturated carbocycles. The van der Waals surface area contributed by atoms with Gasteiger partial charge >= 0.3 is 6.03 Å². The number of likely N-dealkylation sites (N-methyl/N-ethyl adjacent to an activating group) is 1. The van der Waals surface area contributed by atoms with Gasteiger partial charge in [-0.25, -0.2) is 4.79 Å². The highest BCUT2D eigenvalue weighted by Gasteiger charge is 2.30. The molecule has 138 valence electrons. The van der Waals surface area contributed by atoms with E-state index in [9.17, 15) is 4.79 Å². The van der Waals surface area contributed by atoms with E-state index in [4.69, 9.17) is 5.10 Å². The second-order valence-corrected chi connectivity index (χ2v) is 7.67. The number of likely N-dealkylation sites (tertiary alicyclic amines) is 1. The van der Waals surface area contributed by atoms with Crippen LogP contribution in [-0.4, -0.2) is 68.6 Å². The lowest BCUT2D eigenvalue weighted by Gasteiger charge is -2.15. The first kappa shape index (κ1) is 15.9. The van der Waals surface area contributed by atoms with Crippen molar-refractivity contribution in [2.45, 2.75) is 38.4 Å². The molecule has 2 amide bonds. The number of anilines is 1. The molecule has 2 saturated heterocycles. The smallest absolute Gasteiger partial charge is 0.324 e. The molecule has 2 fully saturated rings. The van der Waals surface area contributed by atoms with Crippen molar-refractivity contribution < 1.29 is 4.79 Å². The Labute approximate surface area is 153 Å². The topological polar surface area (TPSA) is 62.4 Å². The molecule has 2 aromatic rings. The Morgan fingerprint density at radius 2 is 2.15 bits per heavy atom. The maximum Gasteiger partial charge on any atom is 0.324 e. The van der Waals surface area contributed by atoms with Crippen LogP contribution in [0.15, 0.2) is 18.5 Å². The number of fused-ring (bicyclic) bond motifs is 1. The highest BCUT2D eigenvalue weighted by atomic mass is 16.2. The van der Waals surface area contributed by atoms with Gasteiger partial charge in [-0.15, -0.1) is 0 Å². The molecule has 2 aromatic heterocycles.